The summed E-state index contributed by atoms with van der Waals surface area (Å²) >= 11 is 0. The maximum atomic E-state index is 12.6. The maximum absolute atomic E-state index is 12.6. The topological polar surface area (TPSA) is 68.0 Å². The Balaban J connectivity index is 2.09. The Morgan fingerprint density at radius 2 is 2.12 bits per heavy atom. The number of nitrogens with one attached hydrogen (secondary N) is 2. The van der Waals surface area contributed by atoms with Crippen molar-refractivity contribution in [3.05, 3.63) is 47.9 Å². The van der Waals surface area contributed by atoms with Crippen molar-refractivity contribution in [1.82, 2.24) is 10.6 Å². The lowest BCUT2D eigenvalue weighted by atomic mass is 10.2. The van der Waals surface area contributed by atoms with Crippen LogP contribution in [0, 0.1) is 0 Å². The first-order valence-corrected chi connectivity index (χ1v) is 7.78. The van der Waals surface area contributed by atoms with Gasteiger partial charge in [0, 0.05) is 18.2 Å². The highest BCUT2D eigenvalue weighted by molar-refractivity contribution is 5.79. The summed E-state index contributed by atoms with van der Waals surface area (Å²) in [5.74, 6) is 1.78. The molecule has 0 radical (unpaired) electrons. The van der Waals surface area contributed by atoms with Gasteiger partial charge in [-0.2, -0.15) is 8.78 Å². The van der Waals surface area contributed by atoms with Crippen LogP contribution in [0.4, 0.5) is 8.78 Å². The van der Waals surface area contributed by atoms with Crippen LogP contribution in [0.2, 0.25) is 0 Å². The van der Waals surface area contributed by atoms with Gasteiger partial charge in [0.25, 0.3) is 0 Å². The molecule has 0 amide bonds. The zero-order valence-electron chi connectivity index (χ0n) is 14.1. The monoisotopic (exact) mass is 353 g/mol. The highest BCUT2D eigenvalue weighted by Crippen LogP contribution is 2.27. The smallest absolute Gasteiger partial charge is 0.387 e. The van der Waals surface area contributed by atoms with Gasteiger partial charge in [-0.15, -0.1) is 0 Å². The minimum atomic E-state index is -2.92. The first-order chi connectivity index (χ1) is 12.1. The Labute approximate surface area is 144 Å². The molecule has 6 nitrogen and oxygen atoms in total. The van der Waals surface area contributed by atoms with Crippen LogP contribution in [0.15, 0.2) is 46.0 Å². The van der Waals surface area contributed by atoms with E-state index >= 15 is 0 Å². The standard InChI is InChI=1S/C17H21F2N3O3/c1-3-20-17(22-11-14-5-4-8-24-14)21-10-12-6-7-13(23-2)9-15(12)25-16(18)19/h4-9,16H,3,10-11H2,1-2H3,(H2,20,21,22). The fraction of sp³-hybridized carbons (Fsp3) is 0.353. The zero-order chi connectivity index (χ0) is 18.1. The molecule has 0 saturated carbocycles. The summed E-state index contributed by atoms with van der Waals surface area (Å²) in [7, 11) is 1.46. The van der Waals surface area contributed by atoms with E-state index in [0.29, 0.717) is 30.4 Å². The molecular weight excluding hydrogens is 332 g/mol. The molecule has 0 saturated heterocycles. The van der Waals surface area contributed by atoms with Crippen LogP contribution in [-0.2, 0) is 13.1 Å². The number of methoxy groups -OCH3 is 1. The van der Waals surface area contributed by atoms with E-state index in [0.717, 1.165) is 5.76 Å². The third-order valence-electron chi connectivity index (χ3n) is 3.25. The molecule has 0 aliphatic carbocycles. The van der Waals surface area contributed by atoms with Crippen molar-refractivity contribution in [2.75, 3.05) is 13.7 Å². The largest absolute Gasteiger partial charge is 0.497 e. The molecule has 0 atom stereocenters. The lowest BCUT2D eigenvalue weighted by Crippen LogP contribution is -2.36. The van der Waals surface area contributed by atoms with E-state index in [2.05, 4.69) is 20.4 Å². The number of alkyl halides is 2. The molecule has 2 aromatic rings. The van der Waals surface area contributed by atoms with Crippen LogP contribution in [0.3, 0.4) is 0 Å². The van der Waals surface area contributed by atoms with Gasteiger partial charge in [0.15, 0.2) is 5.96 Å². The van der Waals surface area contributed by atoms with Gasteiger partial charge in [-0.3, -0.25) is 0 Å². The first kappa shape index (κ1) is 18.6. The molecule has 8 heteroatoms. The molecule has 2 N–H and O–H groups in total. The molecule has 1 heterocycles. The average Bonchev–Trinajstić information content (AvgIpc) is 3.11. The molecule has 0 aliphatic heterocycles. The third kappa shape index (κ3) is 5.98. The molecule has 1 aromatic heterocycles. The number of guanidine groups is 1. The summed E-state index contributed by atoms with van der Waals surface area (Å²) in [5, 5.41) is 6.19. The molecule has 2 rings (SSSR count). The molecule has 0 unspecified atom stereocenters. The fourth-order valence-electron chi connectivity index (χ4n) is 2.09. The summed E-state index contributed by atoms with van der Waals surface area (Å²) in [4.78, 5) is 4.39. The second-order valence-corrected chi connectivity index (χ2v) is 4.98. The zero-order valence-corrected chi connectivity index (χ0v) is 14.1. The Morgan fingerprint density at radius 3 is 2.76 bits per heavy atom. The van der Waals surface area contributed by atoms with Crippen LogP contribution >= 0.6 is 0 Å². The normalized spacial score (nSPS) is 11.5. The average molecular weight is 353 g/mol. The van der Waals surface area contributed by atoms with Crippen LogP contribution < -0.4 is 20.1 Å². The lowest BCUT2D eigenvalue weighted by molar-refractivity contribution is -0.0505. The fourth-order valence-corrected chi connectivity index (χ4v) is 2.09. The molecule has 0 fully saturated rings. The van der Waals surface area contributed by atoms with Crippen LogP contribution in [0.5, 0.6) is 11.5 Å². The first-order valence-electron chi connectivity index (χ1n) is 7.78. The quantitative estimate of drug-likeness (QED) is 0.564. The number of benzene rings is 1. The second-order valence-electron chi connectivity index (χ2n) is 4.98. The van der Waals surface area contributed by atoms with Crippen molar-refractivity contribution >= 4 is 5.96 Å². The maximum Gasteiger partial charge on any atom is 0.387 e. The molecule has 0 spiro atoms. The van der Waals surface area contributed by atoms with Crippen molar-refractivity contribution in [2.24, 2.45) is 4.99 Å². The number of halogens is 2. The van der Waals surface area contributed by atoms with E-state index in [1.807, 2.05) is 13.0 Å². The van der Waals surface area contributed by atoms with Crippen molar-refractivity contribution in [3.8, 4) is 11.5 Å². The van der Waals surface area contributed by atoms with E-state index < -0.39 is 6.61 Å². The Kier molecular flexibility index (Phi) is 7.06. The van der Waals surface area contributed by atoms with Gasteiger partial charge in [0.2, 0.25) is 0 Å². The number of hydrogen-bond donors (Lipinski definition) is 2. The highest BCUT2D eigenvalue weighted by Gasteiger charge is 2.11. The second kappa shape index (κ2) is 9.51. The SMILES string of the molecule is CCNC(=NCc1ccc(OC)cc1OC(F)F)NCc1ccco1. The third-order valence-corrected chi connectivity index (χ3v) is 3.25. The van der Waals surface area contributed by atoms with Gasteiger partial charge in [-0.1, -0.05) is 0 Å². The van der Waals surface area contributed by atoms with E-state index in [1.165, 1.54) is 13.2 Å². The molecule has 25 heavy (non-hydrogen) atoms. The van der Waals surface area contributed by atoms with E-state index in [9.17, 15) is 8.78 Å². The van der Waals surface area contributed by atoms with Gasteiger partial charge in [-0.05, 0) is 31.2 Å². The van der Waals surface area contributed by atoms with E-state index in [-0.39, 0.29) is 12.3 Å². The Morgan fingerprint density at radius 1 is 1.28 bits per heavy atom. The lowest BCUT2D eigenvalue weighted by Gasteiger charge is -2.13. The highest BCUT2D eigenvalue weighted by atomic mass is 19.3. The van der Waals surface area contributed by atoms with Gasteiger partial charge < -0.3 is 24.5 Å². The van der Waals surface area contributed by atoms with Crippen molar-refractivity contribution < 1.29 is 22.7 Å². The summed E-state index contributed by atoms with van der Waals surface area (Å²) in [6.07, 6.45) is 1.59. The minimum Gasteiger partial charge on any atom is -0.497 e. The predicted octanol–water partition coefficient (Wildman–Crippen LogP) is 3.14. The molecule has 136 valence electrons. The number of aliphatic imine (C=N–C) groups is 1. The molecule has 1 aromatic carbocycles. The van der Waals surface area contributed by atoms with Gasteiger partial charge >= 0.3 is 6.61 Å². The summed E-state index contributed by atoms with van der Waals surface area (Å²) in [5.41, 5.74) is 0.524. The molecular formula is C17H21F2N3O3. The number of rotatable bonds is 8. The van der Waals surface area contributed by atoms with Gasteiger partial charge in [0.1, 0.15) is 17.3 Å². The number of ether oxygens (including phenoxy) is 2. The van der Waals surface area contributed by atoms with Gasteiger partial charge in [0.05, 0.1) is 26.5 Å². The number of furan rings is 1. The van der Waals surface area contributed by atoms with Crippen LogP contribution in [0.25, 0.3) is 0 Å². The molecule has 0 bridgehead atoms. The van der Waals surface area contributed by atoms with E-state index in [1.54, 1.807) is 24.5 Å². The van der Waals surface area contributed by atoms with E-state index in [4.69, 9.17) is 9.15 Å². The number of hydrogen-bond acceptors (Lipinski definition) is 4. The van der Waals surface area contributed by atoms with Crippen molar-refractivity contribution in [2.45, 2.75) is 26.6 Å². The predicted molar refractivity (Wildman–Crippen MR) is 90.0 cm³/mol. The number of nitrogens with zero attached hydrogens (tertiary/aromatic N) is 1. The summed E-state index contributed by atoms with van der Waals surface area (Å²) in [6.45, 7) is 0.303. The summed E-state index contributed by atoms with van der Waals surface area (Å²) in [6, 6.07) is 8.38. The Bertz CT molecular complexity index is 676. The minimum absolute atomic E-state index is 0.0417. The Hall–Kier alpha value is -2.77. The van der Waals surface area contributed by atoms with Crippen LogP contribution in [0.1, 0.15) is 18.2 Å². The van der Waals surface area contributed by atoms with Crippen LogP contribution in [-0.4, -0.2) is 26.2 Å². The molecule has 0 aliphatic rings. The van der Waals surface area contributed by atoms with Crippen molar-refractivity contribution in [1.29, 1.82) is 0 Å². The van der Waals surface area contributed by atoms with Gasteiger partial charge in [-0.25, -0.2) is 4.99 Å². The van der Waals surface area contributed by atoms with Crippen molar-refractivity contribution in [3.63, 3.8) is 0 Å². The summed E-state index contributed by atoms with van der Waals surface area (Å²) < 4.78 is 40.1.